The monoisotopic (exact) mass is 234 g/mol. The molecule has 0 heterocycles. The summed E-state index contributed by atoms with van der Waals surface area (Å²) in [5.41, 5.74) is -0.328. The molecular formula is C12H8F2N2O. The zero-order valence-corrected chi connectivity index (χ0v) is 9.00. The van der Waals surface area contributed by atoms with Crippen LogP contribution in [0.5, 0.6) is 5.75 Å². The second-order valence-corrected chi connectivity index (χ2v) is 2.99. The summed E-state index contributed by atoms with van der Waals surface area (Å²) < 4.78 is 31.7. The van der Waals surface area contributed by atoms with Crippen LogP contribution in [0.3, 0.4) is 0 Å². The number of allylic oxidation sites excluding steroid dienone is 1. The lowest BCUT2D eigenvalue weighted by atomic mass is 10.1. The lowest BCUT2D eigenvalue weighted by Crippen LogP contribution is -1.99. The van der Waals surface area contributed by atoms with Gasteiger partial charge < -0.3 is 4.74 Å². The molecule has 0 aliphatic heterocycles. The summed E-state index contributed by atoms with van der Waals surface area (Å²) in [6.07, 6.45) is 1.04. The second kappa shape index (κ2) is 5.62. The molecule has 0 spiro atoms. The molecule has 3 nitrogen and oxygen atoms in total. The van der Waals surface area contributed by atoms with Crippen molar-refractivity contribution < 1.29 is 13.5 Å². The predicted molar refractivity (Wildman–Crippen MR) is 56.7 cm³/mol. The summed E-state index contributed by atoms with van der Waals surface area (Å²) in [5, 5.41) is 17.1. The highest BCUT2D eigenvalue weighted by Crippen LogP contribution is 2.26. The normalized spacial score (nSPS) is 9.00. The Bertz CT molecular complexity index is 523. The third kappa shape index (κ3) is 2.79. The first-order valence-electron chi connectivity index (χ1n) is 4.76. The standard InChI is InChI=1S/C12H8F2N2O/c1-2-17-12-10(13)4-3-9(11(12)14)5-8(6-15)7-16/h3-5H,2H2,1H3. The molecule has 86 valence electrons. The van der Waals surface area contributed by atoms with Crippen LogP contribution in [0, 0.1) is 34.3 Å². The predicted octanol–water partition coefficient (Wildman–Crippen LogP) is 2.79. The fraction of sp³-hybridized carbons (Fsp3) is 0.167. The average molecular weight is 234 g/mol. The molecule has 0 atom stereocenters. The van der Waals surface area contributed by atoms with E-state index in [1.807, 2.05) is 0 Å². The smallest absolute Gasteiger partial charge is 0.191 e. The number of nitrogens with zero attached hydrogens (tertiary/aromatic N) is 2. The molecule has 0 aliphatic carbocycles. The van der Waals surface area contributed by atoms with Crippen molar-refractivity contribution in [1.29, 1.82) is 10.5 Å². The highest BCUT2D eigenvalue weighted by molar-refractivity contribution is 5.63. The Kier molecular flexibility index (Phi) is 4.19. The van der Waals surface area contributed by atoms with E-state index in [0.29, 0.717) is 0 Å². The van der Waals surface area contributed by atoms with Gasteiger partial charge in [-0.2, -0.15) is 10.5 Å². The van der Waals surface area contributed by atoms with Crippen molar-refractivity contribution in [2.24, 2.45) is 0 Å². The van der Waals surface area contributed by atoms with Crippen molar-refractivity contribution in [3.05, 3.63) is 34.9 Å². The zero-order chi connectivity index (χ0) is 12.8. The van der Waals surface area contributed by atoms with E-state index in [1.165, 1.54) is 0 Å². The number of benzene rings is 1. The molecule has 17 heavy (non-hydrogen) atoms. The molecule has 1 aromatic rings. The highest BCUT2D eigenvalue weighted by atomic mass is 19.1. The third-order valence-corrected chi connectivity index (χ3v) is 1.91. The van der Waals surface area contributed by atoms with E-state index in [9.17, 15) is 8.78 Å². The Balaban J connectivity index is 3.30. The number of halogens is 2. The molecule has 0 amide bonds. The fourth-order valence-electron chi connectivity index (χ4n) is 1.18. The number of rotatable bonds is 3. The molecule has 5 heteroatoms. The van der Waals surface area contributed by atoms with Gasteiger partial charge in [0.15, 0.2) is 17.4 Å². The van der Waals surface area contributed by atoms with Crippen LogP contribution in [0.25, 0.3) is 6.08 Å². The van der Waals surface area contributed by atoms with Crippen LogP contribution in [0.4, 0.5) is 8.78 Å². The van der Waals surface area contributed by atoms with Gasteiger partial charge in [-0.15, -0.1) is 0 Å². The van der Waals surface area contributed by atoms with E-state index in [2.05, 4.69) is 0 Å². The Labute approximate surface area is 97.2 Å². The van der Waals surface area contributed by atoms with Crippen molar-refractivity contribution in [2.45, 2.75) is 6.92 Å². The first-order valence-corrected chi connectivity index (χ1v) is 4.76. The highest BCUT2D eigenvalue weighted by Gasteiger charge is 2.13. The van der Waals surface area contributed by atoms with E-state index in [-0.39, 0.29) is 17.7 Å². The molecule has 0 N–H and O–H groups in total. The van der Waals surface area contributed by atoms with Crippen molar-refractivity contribution >= 4 is 6.08 Å². The van der Waals surface area contributed by atoms with Crippen LogP contribution >= 0.6 is 0 Å². The Morgan fingerprint density at radius 1 is 1.35 bits per heavy atom. The molecule has 0 saturated carbocycles. The molecule has 0 fully saturated rings. The molecule has 0 saturated heterocycles. The van der Waals surface area contributed by atoms with Gasteiger partial charge in [-0.1, -0.05) is 0 Å². The van der Waals surface area contributed by atoms with E-state index in [1.54, 1.807) is 19.1 Å². The van der Waals surface area contributed by atoms with Crippen molar-refractivity contribution in [2.75, 3.05) is 6.61 Å². The molecule has 0 aliphatic rings. The topological polar surface area (TPSA) is 56.8 Å². The minimum Gasteiger partial charge on any atom is -0.488 e. The molecule has 1 rings (SSSR count). The van der Waals surface area contributed by atoms with E-state index in [4.69, 9.17) is 15.3 Å². The van der Waals surface area contributed by atoms with Gasteiger partial charge in [0.1, 0.15) is 17.7 Å². The minimum atomic E-state index is -0.921. The van der Waals surface area contributed by atoms with E-state index < -0.39 is 17.4 Å². The Hall–Kier alpha value is -2.40. The first kappa shape index (κ1) is 12.7. The van der Waals surface area contributed by atoms with Crippen LogP contribution in [0.15, 0.2) is 17.7 Å². The summed E-state index contributed by atoms with van der Waals surface area (Å²) in [5.74, 6) is -2.25. The molecule has 0 aromatic heterocycles. The third-order valence-electron chi connectivity index (χ3n) is 1.91. The largest absolute Gasteiger partial charge is 0.488 e. The first-order chi connectivity index (χ1) is 8.13. The summed E-state index contributed by atoms with van der Waals surface area (Å²) in [7, 11) is 0. The lowest BCUT2D eigenvalue weighted by molar-refractivity contribution is 0.302. The van der Waals surface area contributed by atoms with Gasteiger partial charge in [-0.3, -0.25) is 0 Å². The van der Waals surface area contributed by atoms with Gasteiger partial charge in [-0.25, -0.2) is 8.78 Å². The number of nitriles is 2. The number of hydrogen-bond acceptors (Lipinski definition) is 3. The van der Waals surface area contributed by atoms with Crippen LogP contribution in [-0.2, 0) is 0 Å². The van der Waals surface area contributed by atoms with E-state index >= 15 is 0 Å². The van der Waals surface area contributed by atoms with Crippen molar-refractivity contribution in [3.8, 4) is 17.9 Å². The molecule has 0 bridgehead atoms. The summed E-state index contributed by atoms with van der Waals surface area (Å²) in [6, 6.07) is 5.35. The maximum Gasteiger partial charge on any atom is 0.191 e. The molecule has 1 aromatic carbocycles. The number of ether oxygens (including phenoxy) is 1. The molecule has 0 radical (unpaired) electrons. The maximum absolute atomic E-state index is 13.7. The fourth-order valence-corrected chi connectivity index (χ4v) is 1.18. The molecule has 0 unspecified atom stereocenters. The van der Waals surface area contributed by atoms with Crippen molar-refractivity contribution in [3.63, 3.8) is 0 Å². The maximum atomic E-state index is 13.7. The second-order valence-electron chi connectivity index (χ2n) is 2.99. The van der Waals surface area contributed by atoms with Gasteiger partial charge in [0.05, 0.1) is 6.61 Å². The summed E-state index contributed by atoms with van der Waals surface area (Å²) in [4.78, 5) is 0. The summed E-state index contributed by atoms with van der Waals surface area (Å²) >= 11 is 0. The van der Waals surface area contributed by atoms with Gasteiger partial charge in [0.2, 0.25) is 0 Å². The van der Waals surface area contributed by atoms with Gasteiger partial charge in [-0.05, 0) is 25.1 Å². The minimum absolute atomic E-state index is 0.0621. The average Bonchev–Trinajstić information content (AvgIpc) is 2.34. The van der Waals surface area contributed by atoms with E-state index in [0.717, 1.165) is 18.2 Å². The SMILES string of the molecule is CCOc1c(F)ccc(C=C(C#N)C#N)c1F. The van der Waals surface area contributed by atoms with Crippen LogP contribution in [-0.4, -0.2) is 6.61 Å². The zero-order valence-electron chi connectivity index (χ0n) is 9.00. The van der Waals surface area contributed by atoms with Crippen LogP contribution < -0.4 is 4.74 Å². The summed E-state index contributed by atoms with van der Waals surface area (Å²) in [6.45, 7) is 1.71. The lowest BCUT2D eigenvalue weighted by Gasteiger charge is -2.07. The van der Waals surface area contributed by atoms with Crippen molar-refractivity contribution in [1.82, 2.24) is 0 Å². The van der Waals surface area contributed by atoms with Gasteiger partial charge >= 0.3 is 0 Å². The van der Waals surface area contributed by atoms with Gasteiger partial charge in [0, 0.05) is 5.56 Å². The number of hydrogen-bond donors (Lipinski definition) is 0. The van der Waals surface area contributed by atoms with Crippen LogP contribution in [0.1, 0.15) is 12.5 Å². The van der Waals surface area contributed by atoms with Crippen LogP contribution in [0.2, 0.25) is 0 Å². The quantitative estimate of drug-likeness (QED) is 0.755. The Morgan fingerprint density at radius 2 is 2.00 bits per heavy atom. The van der Waals surface area contributed by atoms with Gasteiger partial charge in [0.25, 0.3) is 0 Å². The molecular weight excluding hydrogens is 226 g/mol. The Morgan fingerprint density at radius 3 is 2.53 bits per heavy atom.